The van der Waals surface area contributed by atoms with Crippen LogP contribution in [0.25, 0.3) is 10.9 Å². The maximum atomic E-state index is 9.29. The highest BCUT2D eigenvalue weighted by molar-refractivity contribution is 5.77. The van der Waals surface area contributed by atoms with Gasteiger partial charge in [0, 0.05) is 5.39 Å². The Labute approximate surface area is 70.2 Å². The molecule has 0 aliphatic carbocycles. The van der Waals surface area contributed by atoms with E-state index in [0.717, 1.165) is 10.9 Å². The average Bonchev–Trinajstić information content (AvgIpc) is 2.47. The predicted molar refractivity (Wildman–Crippen MR) is 45.5 cm³/mol. The fourth-order valence-corrected chi connectivity index (χ4v) is 1.21. The van der Waals surface area contributed by atoms with E-state index in [9.17, 15) is 5.11 Å². The summed E-state index contributed by atoms with van der Waals surface area (Å²) in [6.45, 7) is 1.67. The molecule has 0 spiro atoms. The van der Waals surface area contributed by atoms with Gasteiger partial charge in [0.15, 0.2) is 0 Å². The van der Waals surface area contributed by atoms with Crippen LogP contribution in [0.2, 0.25) is 0 Å². The van der Waals surface area contributed by atoms with Gasteiger partial charge < -0.3 is 5.11 Å². The Balaban J connectivity index is 2.70. The topological polar surface area (TPSA) is 38.0 Å². The molecule has 0 bridgehead atoms. The molecule has 1 N–H and O–H groups in total. The monoisotopic (exact) mass is 161 g/mol. The van der Waals surface area contributed by atoms with Crippen molar-refractivity contribution in [3.63, 3.8) is 0 Å². The number of hydrogen-bond acceptors (Lipinski definition) is 2. The standard InChI is InChI=1S/C9H9N2O/c1-7(12)11-9-5-3-2-4-8(9)6-10-11/h2-5,7,12H,1H3. The number of aliphatic hydroxyl groups excluding tert-OH is 1. The second-order valence-electron chi connectivity index (χ2n) is 2.71. The van der Waals surface area contributed by atoms with Crippen molar-refractivity contribution < 1.29 is 5.11 Å². The fourth-order valence-electron chi connectivity index (χ4n) is 1.21. The predicted octanol–water partition coefficient (Wildman–Crippen LogP) is 1.35. The van der Waals surface area contributed by atoms with Crippen LogP contribution in [-0.2, 0) is 0 Å². The van der Waals surface area contributed by atoms with E-state index >= 15 is 0 Å². The summed E-state index contributed by atoms with van der Waals surface area (Å²) in [4.78, 5) is 0. The van der Waals surface area contributed by atoms with E-state index in [-0.39, 0.29) is 0 Å². The van der Waals surface area contributed by atoms with Crippen molar-refractivity contribution in [2.45, 2.75) is 13.2 Å². The molecule has 1 radical (unpaired) electrons. The summed E-state index contributed by atoms with van der Waals surface area (Å²) >= 11 is 0. The van der Waals surface area contributed by atoms with Gasteiger partial charge in [-0.3, -0.25) is 0 Å². The van der Waals surface area contributed by atoms with Gasteiger partial charge in [-0.25, -0.2) is 4.68 Å². The smallest absolute Gasteiger partial charge is 0.144 e. The quantitative estimate of drug-likeness (QED) is 0.685. The summed E-state index contributed by atoms with van der Waals surface area (Å²) < 4.78 is 1.54. The molecule has 1 unspecified atom stereocenters. The SMILES string of the molecule is CC(O)n1n[c]c2ccccc21. The fraction of sp³-hybridized carbons (Fsp3) is 0.222. The minimum Gasteiger partial charge on any atom is -0.372 e. The second kappa shape index (κ2) is 2.60. The Morgan fingerprint density at radius 3 is 3.00 bits per heavy atom. The molecule has 12 heavy (non-hydrogen) atoms. The molecular formula is C9H9N2O. The number of aromatic nitrogens is 2. The zero-order valence-corrected chi connectivity index (χ0v) is 6.73. The van der Waals surface area contributed by atoms with Crippen LogP contribution < -0.4 is 0 Å². The van der Waals surface area contributed by atoms with Crippen molar-refractivity contribution in [3.05, 3.63) is 30.5 Å². The minimum absolute atomic E-state index is 0.596. The molecule has 0 fully saturated rings. The largest absolute Gasteiger partial charge is 0.372 e. The van der Waals surface area contributed by atoms with E-state index in [2.05, 4.69) is 11.3 Å². The first-order valence-corrected chi connectivity index (χ1v) is 3.82. The molecule has 1 heterocycles. The molecule has 1 atom stereocenters. The third kappa shape index (κ3) is 0.987. The van der Waals surface area contributed by atoms with Gasteiger partial charge in [-0.05, 0) is 13.0 Å². The molecule has 0 aliphatic rings. The van der Waals surface area contributed by atoms with Crippen LogP contribution in [0, 0.1) is 6.20 Å². The molecule has 0 saturated carbocycles. The first-order chi connectivity index (χ1) is 5.79. The van der Waals surface area contributed by atoms with Gasteiger partial charge in [0.2, 0.25) is 0 Å². The molecule has 0 saturated heterocycles. The van der Waals surface area contributed by atoms with Gasteiger partial charge in [0.25, 0.3) is 0 Å². The maximum Gasteiger partial charge on any atom is 0.144 e. The van der Waals surface area contributed by atoms with Crippen molar-refractivity contribution in [3.8, 4) is 0 Å². The lowest BCUT2D eigenvalue weighted by Gasteiger charge is -2.04. The van der Waals surface area contributed by atoms with Crippen molar-refractivity contribution >= 4 is 10.9 Å². The third-order valence-electron chi connectivity index (χ3n) is 1.78. The highest BCUT2D eigenvalue weighted by Crippen LogP contribution is 2.14. The van der Waals surface area contributed by atoms with Crippen molar-refractivity contribution in [1.29, 1.82) is 0 Å². The van der Waals surface area contributed by atoms with E-state index in [1.165, 1.54) is 4.68 Å². The van der Waals surface area contributed by atoms with Crippen molar-refractivity contribution in [1.82, 2.24) is 9.78 Å². The Kier molecular flexibility index (Phi) is 1.59. The lowest BCUT2D eigenvalue weighted by molar-refractivity contribution is 0.115. The number of para-hydroxylation sites is 1. The molecule has 0 amide bonds. The van der Waals surface area contributed by atoms with E-state index < -0.39 is 6.23 Å². The normalized spacial score (nSPS) is 13.5. The van der Waals surface area contributed by atoms with Gasteiger partial charge in [-0.2, -0.15) is 5.10 Å². The molecular weight excluding hydrogens is 152 g/mol. The van der Waals surface area contributed by atoms with E-state index in [0.29, 0.717) is 0 Å². The summed E-state index contributed by atoms with van der Waals surface area (Å²) in [5.74, 6) is 0. The third-order valence-corrected chi connectivity index (χ3v) is 1.78. The van der Waals surface area contributed by atoms with Crippen LogP contribution in [-0.4, -0.2) is 14.9 Å². The highest BCUT2D eigenvalue weighted by atomic mass is 16.3. The summed E-state index contributed by atoms with van der Waals surface area (Å²) in [5.41, 5.74) is 0.910. The van der Waals surface area contributed by atoms with Crippen LogP contribution >= 0.6 is 0 Å². The highest BCUT2D eigenvalue weighted by Gasteiger charge is 2.04. The number of fused-ring (bicyclic) bond motifs is 1. The lowest BCUT2D eigenvalue weighted by Crippen LogP contribution is -2.04. The zero-order chi connectivity index (χ0) is 8.55. The Morgan fingerprint density at radius 2 is 2.25 bits per heavy atom. The summed E-state index contributed by atoms with van der Waals surface area (Å²) in [6.07, 6.45) is 2.23. The number of hydrogen-bond donors (Lipinski definition) is 1. The van der Waals surface area contributed by atoms with Crippen LogP contribution in [0.1, 0.15) is 13.2 Å². The van der Waals surface area contributed by atoms with Crippen LogP contribution in [0.4, 0.5) is 0 Å². The molecule has 1 aromatic carbocycles. The van der Waals surface area contributed by atoms with Crippen LogP contribution in [0.3, 0.4) is 0 Å². The summed E-state index contributed by atoms with van der Waals surface area (Å²) in [6, 6.07) is 7.66. The van der Waals surface area contributed by atoms with E-state index in [1.54, 1.807) is 6.92 Å². The lowest BCUT2D eigenvalue weighted by atomic mass is 10.2. The molecule has 61 valence electrons. The Morgan fingerprint density at radius 1 is 1.50 bits per heavy atom. The molecule has 3 heteroatoms. The second-order valence-corrected chi connectivity index (χ2v) is 2.71. The van der Waals surface area contributed by atoms with Crippen molar-refractivity contribution in [2.24, 2.45) is 0 Å². The van der Waals surface area contributed by atoms with Crippen LogP contribution in [0.15, 0.2) is 24.3 Å². The number of aliphatic hydroxyl groups is 1. The van der Waals surface area contributed by atoms with Crippen molar-refractivity contribution in [2.75, 3.05) is 0 Å². The Bertz CT molecular complexity index is 392. The maximum absolute atomic E-state index is 9.29. The molecule has 2 aromatic rings. The first-order valence-electron chi connectivity index (χ1n) is 3.82. The number of benzene rings is 1. The first kappa shape index (κ1) is 7.31. The minimum atomic E-state index is -0.596. The van der Waals surface area contributed by atoms with Gasteiger partial charge >= 0.3 is 0 Å². The van der Waals surface area contributed by atoms with E-state index in [1.807, 2.05) is 24.3 Å². The number of rotatable bonds is 1. The molecule has 0 aliphatic heterocycles. The van der Waals surface area contributed by atoms with Crippen LogP contribution in [0.5, 0.6) is 0 Å². The summed E-state index contributed by atoms with van der Waals surface area (Å²) in [5, 5.41) is 14.2. The van der Waals surface area contributed by atoms with Gasteiger partial charge in [-0.15, -0.1) is 0 Å². The molecule has 3 nitrogen and oxygen atoms in total. The molecule has 2 rings (SSSR count). The average molecular weight is 161 g/mol. The zero-order valence-electron chi connectivity index (χ0n) is 6.73. The van der Waals surface area contributed by atoms with Gasteiger partial charge in [-0.1, -0.05) is 18.2 Å². The number of nitrogens with zero attached hydrogens (tertiary/aromatic N) is 2. The van der Waals surface area contributed by atoms with Gasteiger partial charge in [0.1, 0.15) is 12.4 Å². The Hall–Kier alpha value is -1.35. The molecule has 1 aromatic heterocycles. The van der Waals surface area contributed by atoms with Gasteiger partial charge in [0.05, 0.1) is 5.52 Å². The van der Waals surface area contributed by atoms with E-state index in [4.69, 9.17) is 0 Å². The summed E-state index contributed by atoms with van der Waals surface area (Å²) in [7, 11) is 0.